The van der Waals surface area contributed by atoms with Crippen molar-refractivity contribution in [2.24, 2.45) is 5.92 Å². The zero-order valence-corrected chi connectivity index (χ0v) is 20.7. The van der Waals surface area contributed by atoms with Crippen LogP contribution in [0.25, 0.3) is 0 Å². The number of hydrogen-bond acceptors (Lipinski definition) is 5. The highest BCUT2D eigenvalue weighted by atomic mass is 16.5. The third-order valence-corrected chi connectivity index (χ3v) is 6.99. The maximum Gasteiger partial charge on any atom is 0.329 e. The van der Waals surface area contributed by atoms with E-state index in [1.165, 1.54) is 4.90 Å². The van der Waals surface area contributed by atoms with Crippen LogP contribution in [0.3, 0.4) is 0 Å². The van der Waals surface area contributed by atoms with Crippen LogP contribution in [-0.4, -0.2) is 57.7 Å². The van der Waals surface area contributed by atoms with Crippen molar-refractivity contribution in [3.8, 4) is 0 Å². The Morgan fingerprint density at radius 3 is 2.21 bits per heavy atom. The summed E-state index contributed by atoms with van der Waals surface area (Å²) in [5.41, 5.74) is 0.890. The van der Waals surface area contributed by atoms with Crippen molar-refractivity contribution in [2.75, 3.05) is 6.54 Å². The summed E-state index contributed by atoms with van der Waals surface area (Å²) in [4.78, 5) is 41.1. The van der Waals surface area contributed by atoms with E-state index in [9.17, 15) is 19.6 Å². The van der Waals surface area contributed by atoms with Gasteiger partial charge in [-0.25, -0.2) is 9.86 Å². The van der Waals surface area contributed by atoms with Crippen LogP contribution in [0.5, 0.6) is 0 Å². The molecule has 2 aliphatic rings. The minimum absolute atomic E-state index is 0.137. The second-order valence-electron chi connectivity index (χ2n) is 10.2. The number of carbonyl (C=O) groups is 3. The van der Waals surface area contributed by atoms with Crippen molar-refractivity contribution in [2.45, 2.75) is 103 Å². The second-order valence-corrected chi connectivity index (χ2v) is 10.2. The Hall–Kier alpha value is -2.41. The van der Waals surface area contributed by atoms with E-state index in [4.69, 9.17) is 4.74 Å². The van der Waals surface area contributed by atoms with Crippen LogP contribution in [0.2, 0.25) is 0 Å². The molecule has 0 unspecified atom stereocenters. The van der Waals surface area contributed by atoms with E-state index in [1.807, 2.05) is 44.2 Å². The molecule has 2 saturated carbocycles. The summed E-state index contributed by atoms with van der Waals surface area (Å²) in [6, 6.07) is 8.36. The molecule has 3 rings (SSSR count). The highest BCUT2D eigenvalue weighted by Crippen LogP contribution is 2.25. The molecule has 34 heavy (non-hydrogen) atoms. The van der Waals surface area contributed by atoms with E-state index in [0.29, 0.717) is 12.3 Å². The van der Waals surface area contributed by atoms with Gasteiger partial charge in [-0.2, -0.15) is 0 Å². The molecule has 7 nitrogen and oxygen atoms in total. The zero-order valence-electron chi connectivity index (χ0n) is 20.7. The predicted molar refractivity (Wildman–Crippen MR) is 129 cm³/mol. The highest BCUT2D eigenvalue weighted by Gasteiger charge is 2.36. The maximum atomic E-state index is 13.4. The Balaban J connectivity index is 1.83. The number of esters is 1. The summed E-state index contributed by atoms with van der Waals surface area (Å²) in [5.74, 6) is -0.957. The molecule has 2 aliphatic carbocycles. The molecule has 2 amide bonds. The number of ether oxygens (including phenoxy) is 1. The predicted octanol–water partition coefficient (Wildman–Crippen LogP) is 4.51. The van der Waals surface area contributed by atoms with Gasteiger partial charge in [-0.05, 0) is 56.4 Å². The fraction of sp³-hybridized carbons (Fsp3) is 0.667. The largest absolute Gasteiger partial charge is 0.461 e. The van der Waals surface area contributed by atoms with Crippen molar-refractivity contribution in [3.05, 3.63) is 35.9 Å². The van der Waals surface area contributed by atoms with E-state index in [2.05, 4.69) is 0 Å². The van der Waals surface area contributed by atoms with Gasteiger partial charge in [-0.3, -0.25) is 14.8 Å². The molecule has 188 valence electrons. The molecule has 0 aliphatic heterocycles. The van der Waals surface area contributed by atoms with Crippen LogP contribution in [0.15, 0.2) is 30.3 Å². The van der Waals surface area contributed by atoms with E-state index in [1.54, 1.807) is 0 Å². The fourth-order valence-corrected chi connectivity index (χ4v) is 4.91. The number of carbonyl (C=O) groups excluding carboxylic acids is 3. The van der Waals surface area contributed by atoms with Crippen molar-refractivity contribution < 1.29 is 24.3 Å². The molecule has 1 aromatic carbocycles. The van der Waals surface area contributed by atoms with Gasteiger partial charge in [-0.1, -0.05) is 57.0 Å². The molecule has 0 bridgehead atoms. The average Bonchev–Trinajstić information content (AvgIpc) is 3.54. The minimum atomic E-state index is -0.913. The third-order valence-electron chi connectivity index (χ3n) is 6.99. The Morgan fingerprint density at radius 2 is 1.59 bits per heavy atom. The molecule has 1 atom stereocenters. The number of nitrogens with zero attached hydrogens (tertiary/aromatic N) is 2. The van der Waals surface area contributed by atoms with E-state index >= 15 is 0 Å². The molecule has 0 heterocycles. The Morgan fingerprint density at radius 1 is 0.971 bits per heavy atom. The molecule has 0 spiro atoms. The Bertz CT molecular complexity index is 800. The summed E-state index contributed by atoms with van der Waals surface area (Å²) < 4.78 is 5.82. The monoisotopic (exact) mass is 472 g/mol. The third kappa shape index (κ3) is 7.55. The summed E-state index contributed by atoms with van der Waals surface area (Å²) >= 11 is 0. The lowest BCUT2D eigenvalue weighted by atomic mass is 10.0. The fourth-order valence-electron chi connectivity index (χ4n) is 4.91. The first-order valence-corrected chi connectivity index (χ1v) is 12.9. The zero-order chi connectivity index (χ0) is 24.5. The second kappa shape index (κ2) is 12.9. The highest BCUT2D eigenvalue weighted by molar-refractivity contribution is 5.89. The summed E-state index contributed by atoms with van der Waals surface area (Å²) in [6.45, 7) is 3.74. The first-order valence-electron chi connectivity index (χ1n) is 12.9. The molecule has 1 aromatic rings. The molecule has 0 radical (unpaired) electrons. The molecular weight excluding hydrogens is 432 g/mol. The maximum absolute atomic E-state index is 13.4. The van der Waals surface area contributed by atoms with Crippen LogP contribution in [0, 0.1) is 5.92 Å². The number of rotatable bonds is 11. The molecule has 2 fully saturated rings. The topological polar surface area (TPSA) is 87.2 Å². The van der Waals surface area contributed by atoms with E-state index in [0.717, 1.165) is 62.0 Å². The Labute approximate surface area is 203 Å². The van der Waals surface area contributed by atoms with Gasteiger partial charge in [0, 0.05) is 12.8 Å². The van der Waals surface area contributed by atoms with E-state index in [-0.39, 0.29) is 37.4 Å². The lowest BCUT2D eigenvalue weighted by Crippen LogP contribution is -2.52. The van der Waals surface area contributed by atoms with Crippen molar-refractivity contribution >= 4 is 17.8 Å². The molecule has 0 aromatic heterocycles. The normalized spacial score (nSPS) is 17.6. The smallest absolute Gasteiger partial charge is 0.329 e. The van der Waals surface area contributed by atoms with Crippen molar-refractivity contribution in [1.29, 1.82) is 0 Å². The first kappa shape index (κ1) is 26.2. The lowest BCUT2D eigenvalue weighted by molar-refractivity contribution is -0.179. The van der Waals surface area contributed by atoms with Gasteiger partial charge in [0.1, 0.15) is 18.7 Å². The number of hydroxylamine groups is 2. The van der Waals surface area contributed by atoms with Gasteiger partial charge in [-0.15, -0.1) is 0 Å². The quantitative estimate of drug-likeness (QED) is 0.291. The van der Waals surface area contributed by atoms with Crippen molar-refractivity contribution in [3.63, 3.8) is 0 Å². The molecule has 7 heteroatoms. The lowest BCUT2D eigenvalue weighted by Gasteiger charge is -2.33. The SMILES string of the molecule is CC(C)CCC(=O)N(CC(=O)N(O)C1CCCC1)[C@@H](Cc1ccccc1)C(=O)OC1CCCC1. The molecular formula is C27H40N2O5. The van der Waals surface area contributed by atoms with Crippen LogP contribution in [0.4, 0.5) is 0 Å². The average molecular weight is 473 g/mol. The molecule has 1 N–H and O–H groups in total. The summed E-state index contributed by atoms with van der Waals surface area (Å²) in [6.07, 6.45) is 8.17. The standard InChI is InChI=1S/C27H40N2O5/c1-20(2)16-17-25(30)28(19-26(31)29(33)22-12-6-7-13-22)24(18-21-10-4-3-5-11-21)27(32)34-23-14-8-9-15-23/h3-5,10-11,20,22-24,33H,6-9,12-19H2,1-2H3/t24-/m0/s1. The van der Waals surface area contributed by atoms with Crippen LogP contribution in [-0.2, 0) is 25.5 Å². The van der Waals surface area contributed by atoms with Gasteiger partial charge in [0.05, 0.1) is 6.04 Å². The molecule has 0 saturated heterocycles. The first-order chi connectivity index (χ1) is 16.3. The van der Waals surface area contributed by atoms with E-state index < -0.39 is 17.9 Å². The van der Waals surface area contributed by atoms with Crippen LogP contribution >= 0.6 is 0 Å². The van der Waals surface area contributed by atoms with Gasteiger partial charge < -0.3 is 9.64 Å². The van der Waals surface area contributed by atoms with Crippen molar-refractivity contribution in [1.82, 2.24) is 9.96 Å². The van der Waals surface area contributed by atoms with Gasteiger partial charge in [0.2, 0.25) is 5.91 Å². The minimum Gasteiger partial charge on any atom is -0.461 e. The number of hydrogen-bond donors (Lipinski definition) is 1. The van der Waals surface area contributed by atoms with Crippen LogP contribution < -0.4 is 0 Å². The number of amides is 2. The van der Waals surface area contributed by atoms with Crippen LogP contribution in [0.1, 0.15) is 83.6 Å². The van der Waals surface area contributed by atoms with Gasteiger partial charge in [0.15, 0.2) is 0 Å². The summed E-state index contributed by atoms with van der Waals surface area (Å²) in [5, 5.41) is 11.3. The Kier molecular flexibility index (Phi) is 9.93. The van der Waals surface area contributed by atoms with Gasteiger partial charge in [0.25, 0.3) is 5.91 Å². The van der Waals surface area contributed by atoms with Gasteiger partial charge >= 0.3 is 5.97 Å². The summed E-state index contributed by atoms with van der Waals surface area (Å²) in [7, 11) is 0. The number of benzene rings is 1.